The molecule has 4 heteroatoms. The average molecular weight is 425 g/mol. The summed E-state index contributed by atoms with van der Waals surface area (Å²) < 4.78 is 0.795. The predicted molar refractivity (Wildman–Crippen MR) is 113 cm³/mol. The maximum Gasteiger partial charge on any atom is 0.131 e. The Kier molecular flexibility index (Phi) is 21.0. The Balaban J connectivity index is 0. The number of thioether (sulfide) groups is 1. The van der Waals surface area contributed by atoms with Gasteiger partial charge in [-0.25, -0.2) is 0 Å². The second-order valence-electron chi connectivity index (χ2n) is 7.53. The Morgan fingerprint density at radius 1 is 0.750 bits per heavy atom. The van der Waals surface area contributed by atoms with Crippen LogP contribution in [0.4, 0.5) is 0 Å². The van der Waals surface area contributed by atoms with Crippen molar-refractivity contribution in [3.8, 4) is 0 Å². The Hall–Kier alpha value is 0.863. The Morgan fingerprint density at radius 2 is 1.08 bits per heavy atom. The molecule has 0 aliphatic heterocycles. The number of unbranched alkanes of at least 4 members (excludes halogenated alkanes) is 13. The normalized spacial score (nSPS) is 11.3. The second kappa shape index (κ2) is 18.6. The van der Waals surface area contributed by atoms with Gasteiger partial charge in [0.05, 0.1) is 0 Å². The molecule has 0 rings (SSSR count). The van der Waals surface area contributed by atoms with Crippen molar-refractivity contribution in [3.63, 3.8) is 0 Å². The molecule has 0 radical (unpaired) electrons. The first-order valence-corrected chi connectivity index (χ1v) is 11.2. The molecular weight excluding hydrogens is 384 g/mol. The van der Waals surface area contributed by atoms with Crippen LogP contribution in [0.2, 0.25) is 0 Å². The zero-order valence-corrected chi connectivity index (χ0v) is 21.3. The summed E-state index contributed by atoms with van der Waals surface area (Å²) in [5.74, 6) is 0. The SMILES string of the molecule is CCCCCCCCCCCCCCCCC(C)(C)SC(N)=S.[Zn]. The van der Waals surface area contributed by atoms with E-state index in [9.17, 15) is 0 Å². The molecule has 0 saturated heterocycles. The summed E-state index contributed by atoms with van der Waals surface area (Å²) in [5.41, 5.74) is 5.62. The minimum atomic E-state index is 0. The van der Waals surface area contributed by atoms with E-state index >= 15 is 0 Å². The summed E-state index contributed by atoms with van der Waals surface area (Å²) in [6.45, 7) is 6.79. The fourth-order valence-corrected chi connectivity index (χ4v) is 4.54. The fourth-order valence-electron chi connectivity index (χ4n) is 3.07. The average Bonchev–Trinajstić information content (AvgIpc) is 2.46. The Bertz CT molecular complexity index is 283. The molecule has 0 aromatic rings. The van der Waals surface area contributed by atoms with Crippen LogP contribution in [-0.4, -0.2) is 9.07 Å². The van der Waals surface area contributed by atoms with Crippen molar-refractivity contribution in [3.05, 3.63) is 0 Å². The van der Waals surface area contributed by atoms with Gasteiger partial charge in [-0.2, -0.15) is 0 Å². The van der Waals surface area contributed by atoms with Gasteiger partial charge in [-0.15, -0.1) is 0 Å². The van der Waals surface area contributed by atoms with Crippen LogP contribution in [0, 0.1) is 0 Å². The maximum atomic E-state index is 5.62. The fraction of sp³-hybridized carbons (Fsp3) is 0.950. The molecule has 0 aromatic carbocycles. The van der Waals surface area contributed by atoms with Crippen LogP contribution in [-0.2, 0) is 19.5 Å². The predicted octanol–water partition coefficient (Wildman–Crippen LogP) is 7.61. The summed E-state index contributed by atoms with van der Waals surface area (Å²) in [7, 11) is 0. The topological polar surface area (TPSA) is 26.0 Å². The maximum absolute atomic E-state index is 5.62. The van der Waals surface area contributed by atoms with Gasteiger partial charge in [0.25, 0.3) is 0 Å². The van der Waals surface area contributed by atoms with Crippen molar-refractivity contribution in [1.82, 2.24) is 0 Å². The molecule has 1 nitrogen and oxygen atoms in total. The van der Waals surface area contributed by atoms with Gasteiger partial charge < -0.3 is 5.73 Å². The zero-order valence-electron chi connectivity index (χ0n) is 16.7. The van der Waals surface area contributed by atoms with Crippen LogP contribution >= 0.6 is 24.0 Å². The first-order chi connectivity index (χ1) is 11.0. The number of hydrogen-bond acceptors (Lipinski definition) is 2. The number of hydrogen-bond donors (Lipinski definition) is 1. The molecule has 0 fully saturated rings. The van der Waals surface area contributed by atoms with E-state index in [1.807, 2.05) is 0 Å². The van der Waals surface area contributed by atoms with Gasteiger partial charge in [-0.1, -0.05) is 135 Å². The van der Waals surface area contributed by atoms with E-state index in [4.69, 9.17) is 18.0 Å². The van der Waals surface area contributed by atoms with E-state index in [2.05, 4.69) is 20.8 Å². The second-order valence-corrected chi connectivity index (χ2v) is 9.97. The van der Waals surface area contributed by atoms with Crippen LogP contribution in [0.25, 0.3) is 0 Å². The molecule has 0 aliphatic carbocycles. The number of rotatable bonds is 16. The summed E-state index contributed by atoms with van der Waals surface area (Å²) in [4.78, 5) is 0. The largest absolute Gasteiger partial charge is 0.385 e. The molecule has 2 N–H and O–H groups in total. The first kappa shape index (κ1) is 27.1. The van der Waals surface area contributed by atoms with Crippen LogP contribution in [0.1, 0.15) is 117 Å². The van der Waals surface area contributed by atoms with Crippen LogP contribution in [0.15, 0.2) is 0 Å². The van der Waals surface area contributed by atoms with E-state index in [1.54, 1.807) is 11.8 Å². The minimum Gasteiger partial charge on any atom is -0.385 e. The smallest absolute Gasteiger partial charge is 0.131 e. The molecular formula is C20H41NS2Zn. The molecule has 0 spiro atoms. The molecule has 0 saturated carbocycles. The molecule has 0 bridgehead atoms. The van der Waals surface area contributed by atoms with Crippen molar-refractivity contribution in [2.24, 2.45) is 5.73 Å². The third-order valence-electron chi connectivity index (χ3n) is 4.51. The molecule has 0 atom stereocenters. The van der Waals surface area contributed by atoms with E-state index in [-0.39, 0.29) is 24.2 Å². The summed E-state index contributed by atoms with van der Waals surface area (Å²) in [6.07, 6.45) is 21.1. The van der Waals surface area contributed by atoms with E-state index in [0.29, 0.717) is 4.32 Å². The zero-order chi connectivity index (χ0) is 17.4. The van der Waals surface area contributed by atoms with Crippen molar-refractivity contribution in [2.45, 2.75) is 122 Å². The third-order valence-corrected chi connectivity index (χ3v) is 5.72. The van der Waals surface area contributed by atoms with Crippen molar-refractivity contribution >= 4 is 28.3 Å². The van der Waals surface area contributed by atoms with Gasteiger partial charge in [-0.3, -0.25) is 0 Å². The van der Waals surface area contributed by atoms with E-state index in [0.717, 1.165) is 0 Å². The van der Waals surface area contributed by atoms with Crippen molar-refractivity contribution in [2.75, 3.05) is 0 Å². The van der Waals surface area contributed by atoms with E-state index in [1.165, 1.54) is 96.3 Å². The standard InChI is InChI=1S/C20H41NS2.Zn/c1-4-5-6-7-8-9-10-11-12-13-14-15-16-17-18-20(2,3)23-19(21)22;/h4-18H2,1-3H3,(H2,21,22);. The van der Waals surface area contributed by atoms with Crippen LogP contribution in [0.5, 0.6) is 0 Å². The quantitative estimate of drug-likeness (QED) is 0.157. The Morgan fingerprint density at radius 3 is 1.42 bits per heavy atom. The van der Waals surface area contributed by atoms with Gasteiger partial charge in [0.15, 0.2) is 0 Å². The number of thiocarbonyl (C=S) groups is 1. The summed E-state index contributed by atoms with van der Waals surface area (Å²) in [6, 6.07) is 0. The van der Waals surface area contributed by atoms with Gasteiger partial charge in [-0.05, 0) is 6.42 Å². The van der Waals surface area contributed by atoms with Crippen LogP contribution < -0.4 is 5.73 Å². The molecule has 0 aromatic heterocycles. The monoisotopic (exact) mass is 423 g/mol. The number of nitrogens with two attached hydrogens (primary N) is 1. The van der Waals surface area contributed by atoms with Gasteiger partial charge in [0.2, 0.25) is 0 Å². The van der Waals surface area contributed by atoms with Gasteiger partial charge >= 0.3 is 0 Å². The third kappa shape index (κ3) is 20.9. The molecule has 0 unspecified atom stereocenters. The Labute approximate surface area is 174 Å². The minimum absolute atomic E-state index is 0. The van der Waals surface area contributed by atoms with Gasteiger partial charge in [0.1, 0.15) is 4.32 Å². The first-order valence-electron chi connectivity index (χ1n) is 9.96. The summed E-state index contributed by atoms with van der Waals surface area (Å²) >= 11 is 6.64. The van der Waals surface area contributed by atoms with Crippen molar-refractivity contribution in [1.29, 1.82) is 0 Å². The van der Waals surface area contributed by atoms with Crippen LogP contribution in [0.3, 0.4) is 0 Å². The molecule has 0 heterocycles. The molecule has 140 valence electrons. The van der Waals surface area contributed by atoms with E-state index < -0.39 is 0 Å². The summed E-state index contributed by atoms with van der Waals surface area (Å²) in [5, 5.41) is 0. The molecule has 0 aliphatic rings. The van der Waals surface area contributed by atoms with Crippen molar-refractivity contribution < 1.29 is 19.5 Å². The molecule has 24 heavy (non-hydrogen) atoms. The van der Waals surface area contributed by atoms with Gasteiger partial charge in [0, 0.05) is 24.2 Å². The molecule has 0 amide bonds.